The summed E-state index contributed by atoms with van der Waals surface area (Å²) >= 11 is 1.86. The average molecular weight is 644 g/mol. The minimum absolute atomic E-state index is 0.874. The molecule has 10 aromatic rings. The van der Waals surface area contributed by atoms with Gasteiger partial charge in [-0.25, -0.2) is 0 Å². The zero-order chi connectivity index (χ0) is 32.3. The monoisotopic (exact) mass is 643 g/mol. The van der Waals surface area contributed by atoms with Crippen LogP contribution in [0.5, 0.6) is 0 Å². The van der Waals surface area contributed by atoms with Gasteiger partial charge < -0.3 is 9.32 Å². The normalized spacial score (nSPS) is 11.7. The van der Waals surface area contributed by atoms with Crippen molar-refractivity contribution < 1.29 is 4.42 Å². The zero-order valence-corrected chi connectivity index (χ0v) is 27.3. The van der Waals surface area contributed by atoms with Crippen LogP contribution in [0.25, 0.3) is 75.1 Å². The van der Waals surface area contributed by atoms with Crippen molar-refractivity contribution >= 4 is 81.3 Å². The summed E-state index contributed by atoms with van der Waals surface area (Å²) in [4.78, 5) is 2.39. The molecule has 10 rings (SSSR count). The van der Waals surface area contributed by atoms with Crippen LogP contribution in [0, 0.1) is 0 Å². The molecular weight excluding hydrogens is 615 g/mol. The smallest absolute Gasteiger partial charge is 0.143 e. The van der Waals surface area contributed by atoms with Gasteiger partial charge in [0.15, 0.2) is 0 Å². The van der Waals surface area contributed by atoms with Crippen molar-refractivity contribution in [3.63, 3.8) is 0 Å². The molecule has 2 aromatic heterocycles. The first-order valence-corrected chi connectivity index (χ1v) is 17.4. The first-order valence-electron chi connectivity index (χ1n) is 16.6. The van der Waals surface area contributed by atoms with Crippen molar-refractivity contribution in [2.24, 2.45) is 0 Å². The van der Waals surface area contributed by atoms with Crippen molar-refractivity contribution in [1.29, 1.82) is 0 Å². The average Bonchev–Trinajstić information content (AvgIpc) is 3.74. The van der Waals surface area contributed by atoms with Gasteiger partial charge in [0, 0.05) is 42.3 Å². The van der Waals surface area contributed by atoms with Crippen molar-refractivity contribution in [1.82, 2.24) is 0 Å². The molecule has 0 aliphatic heterocycles. The first-order chi connectivity index (χ1) is 24.3. The summed E-state index contributed by atoms with van der Waals surface area (Å²) in [6.07, 6.45) is 0. The Morgan fingerprint density at radius 2 is 1.04 bits per heavy atom. The third-order valence-electron chi connectivity index (χ3n) is 9.63. The number of hydrogen-bond donors (Lipinski definition) is 0. The number of furan rings is 1. The second-order valence-electron chi connectivity index (χ2n) is 12.5. The molecule has 8 aromatic carbocycles. The molecule has 0 atom stereocenters. The second-order valence-corrected chi connectivity index (χ2v) is 13.6. The molecule has 49 heavy (non-hydrogen) atoms. The Balaban J connectivity index is 1.20. The number of benzene rings is 8. The van der Waals surface area contributed by atoms with Gasteiger partial charge in [0.2, 0.25) is 0 Å². The second kappa shape index (κ2) is 11.2. The Labute approximate surface area is 287 Å². The zero-order valence-electron chi connectivity index (χ0n) is 26.5. The highest BCUT2D eigenvalue weighted by atomic mass is 32.1. The highest BCUT2D eigenvalue weighted by Gasteiger charge is 2.21. The maximum Gasteiger partial charge on any atom is 0.143 e. The molecule has 2 heterocycles. The molecule has 230 valence electrons. The lowest BCUT2D eigenvalue weighted by Gasteiger charge is -2.27. The van der Waals surface area contributed by atoms with Gasteiger partial charge in [0.25, 0.3) is 0 Å². The molecule has 0 saturated heterocycles. The van der Waals surface area contributed by atoms with Crippen LogP contribution in [0.3, 0.4) is 0 Å². The number of thiophene rings is 1. The first kappa shape index (κ1) is 27.9. The molecule has 0 aliphatic rings. The molecule has 0 radical (unpaired) electrons. The summed E-state index contributed by atoms with van der Waals surface area (Å²) < 4.78 is 9.28. The molecular formula is C46H29NOS. The van der Waals surface area contributed by atoms with E-state index in [9.17, 15) is 0 Å². The largest absolute Gasteiger partial charge is 0.455 e. The van der Waals surface area contributed by atoms with E-state index in [-0.39, 0.29) is 0 Å². The third-order valence-corrected chi connectivity index (χ3v) is 10.8. The molecule has 3 heteroatoms. The molecule has 0 N–H and O–H groups in total. The summed E-state index contributed by atoms with van der Waals surface area (Å²) in [7, 11) is 0. The topological polar surface area (TPSA) is 16.4 Å². The van der Waals surface area contributed by atoms with Crippen LogP contribution in [0.2, 0.25) is 0 Å². The Morgan fingerprint density at radius 3 is 1.88 bits per heavy atom. The van der Waals surface area contributed by atoms with Crippen molar-refractivity contribution in [2.75, 3.05) is 4.90 Å². The highest BCUT2D eigenvalue weighted by Crippen LogP contribution is 2.46. The maximum atomic E-state index is 6.65. The Hall–Kier alpha value is -6.16. The summed E-state index contributed by atoms with van der Waals surface area (Å²) in [6.45, 7) is 0. The Kier molecular flexibility index (Phi) is 6.39. The van der Waals surface area contributed by atoms with Gasteiger partial charge in [0.1, 0.15) is 11.2 Å². The minimum atomic E-state index is 0.874. The van der Waals surface area contributed by atoms with Gasteiger partial charge in [-0.1, -0.05) is 121 Å². The van der Waals surface area contributed by atoms with Crippen molar-refractivity contribution in [2.45, 2.75) is 0 Å². The fraction of sp³-hybridized carbons (Fsp3) is 0. The van der Waals surface area contributed by atoms with Crippen LogP contribution >= 0.6 is 11.3 Å². The van der Waals surface area contributed by atoms with E-state index in [2.05, 4.69) is 181 Å². The highest BCUT2D eigenvalue weighted by molar-refractivity contribution is 7.25. The van der Waals surface area contributed by atoms with Crippen LogP contribution in [0.4, 0.5) is 17.1 Å². The lowest BCUT2D eigenvalue weighted by atomic mass is 10.0. The number of fused-ring (bicyclic) bond motifs is 8. The summed E-state index contributed by atoms with van der Waals surface area (Å²) in [5, 5.41) is 7.14. The lowest BCUT2D eigenvalue weighted by Crippen LogP contribution is -2.10. The predicted molar refractivity (Wildman–Crippen MR) is 210 cm³/mol. The summed E-state index contributed by atoms with van der Waals surface area (Å²) in [5.74, 6) is 0. The minimum Gasteiger partial charge on any atom is -0.455 e. The lowest BCUT2D eigenvalue weighted by molar-refractivity contribution is 0.672. The summed E-state index contributed by atoms with van der Waals surface area (Å²) in [5.41, 5.74) is 9.78. The van der Waals surface area contributed by atoms with Gasteiger partial charge >= 0.3 is 0 Å². The number of anilines is 3. The van der Waals surface area contributed by atoms with E-state index in [4.69, 9.17) is 4.42 Å². The van der Waals surface area contributed by atoms with Crippen molar-refractivity contribution in [3.8, 4) is 22.3 Å². The Bertz CT molecular complexity index is 2840. The standard InChI is InChI=1S/C46H29NOS/c1-2-11-30(12-3-1)32-14-8-16-35(27-32)47(41-20-10-21-42-45(41)40-26-23-31-13-4-5-18-37(31)46(40)48-42)36-17-9-15-33(28-36)34-24-25-39-38-19-6-7-22-43(38)49-44(39)29-34/h1-29H. The van der Waals surface area contributed by atoms with Gasteiger partial charge in [-0.2, -0.15) is 0 Å². The number of hydrogen-bond acceptors (Lipinski definition) is 3. The molecule has 0 fully saturated rings. The van der Waals surface area contributed by atoms with Gasteiger partial charge in [-0.3, -0.25) is 0 Å². The van der Waals surface area contributed by atoms with Crippen LogP contribution < -0.4 is 4.90 Å². The molecule has 0 saturated carbocycles. The number of rotatable bonds is 5. The van der Waals surface area contributed by atoms with Crippen molar-refractivity contribution in [3.05, 3.63) is 176 Å². The molecule has 0 spiro atoms. The van der Waals surface area contributed by atoms with E-state index in [1.54, 1.807) is 0 Å². The molecule has 0 amide bonds. The molecule has 2 nitrogen and oxygen atoms in total. The molecule has 0 unspecified atom stereocenters. The van der Waals surface area contributed by atoms with E-state index in [1.165, 1.54) is 47.8 Å². The van der Waals surface area contributed by atoms with E-state index in [0.717, 1.165) is 44.4 Å². The van der Waals surface area contributed by atoms with Crippen LogP contribution in [0.1, 0.15) is 0 Å². The van der Waals surface area contributed by atoms with E-state index >= 15 is 0 Å². The van der Waals surface area contributed by atoms with Crippen LogP contribution in [0.15, 0.2) is 180 Å². The van der Waals surface area contributed by atoms with Gasteiger partial charge in [-0.05, 0) is 82.2 Å². The molecule has 0 bridgehead atoms. The van der Waals surface area contributed by atoms with Gasteiger partial charge in [-0.15, -0.1) is 11.3 Å². The van der Waals surface area contributed by atoms with Crippen LogP contribution in [-0.2, 0) is 0 Å². The number of nitrogens with zero attached hydrogens (tertiary/aromatic N) is 1. The SMILES string of the molecule is c1ccc(-c2cccc(N(c3cccc(-c4ccc5c(c4)sc4ccccc45)c3)c3cccc4oc5c6ccccc6ccc5c34)c2)cc1. The third kappa shape index (κ3) is 4.62. The van der Waals surface area contributed by atoms with E-state index < -0.39 is 0 Å². The summed E-state index contributed by atoms with van der Waals surface area (Å²) in [6, 6.07) is 63.2. The fourth-order valence-corrected chi connectivity index (χ4v) is 8.48. The maximum absolute atomic E-state index is 6.65. The fourth-order valence-electron chi connectivity index (χ4n) is 7.33. The van der Waals surface area contributed by atoms with Gasteiger partial charge in [0.05, 0.1) is 11.1 Å². The quantitative estimate of drug-likeness (QED) is 0.186. The van der Waals surface area contributed by atoms with Crippen LogP contribution in [-0.4, -0.2) is 0 Å². The molecule has 0 aliphatic carbocycles. The van der Waals surface area contributed by atoms with E-state index in [0.29, 0.717) is 0 Å². The Morgan fingerprint density at radius 1 is 0.408 bits per heavy atom. The van der Waals surface area contributed by atoms with E-state index in [1.807, 2.05) is 11.3 Å². The predicted octanol–water partition coefficient (Wildman–Crippen LogP) is 13.9.